The minimum absolute atomic E-state index is 0.0248. The predicted octanol–water partition coefficient (Wildman–Crippen LogP) is 9.01. The number of methoxy groups -OCH3 is 1. The van der Waals surface area contributed by atoms with Crippen LogP contribution in [0.2, 0.25) is 10.0 Å². The van der Waals surface area contributed by atoms with Crippen LogP contribution >= 0.6 is 23.2 Å². The molecule has 1 aliphatic heterocycles. The van der Waals surface area contributed by atoms with E-state index >= 15 is 0 Å². The Kier molecular flexibility index (Phi) is 11.9. The Morgan fingerprint density at radius 1 is 0.830 bits per heavy atom. The van der Waals surface area contributed by atoms with Gasteiger partial charge in [0.05, 0.1) is 19.6 Å². The molecule has 4 aromatic carbocycles. The van der Waals surface area contributed by atoms with Crippen LogP contribution in [0.4, 0.5) is 0 Å². The van der Waals surface area contributed by atoms with Gasteiger partial charge in [-0.15, -0.1) is 0 Å². The number of benzene rings is 4. The number of ether oxygens (including phenoxy) is 2. The molecule has 47 heavy (non-hydrogen) atoms. The largest absolute Gasteiger partial charge is 0.497 e. The van der Waals surface area contributed by atoms with E-state index in [1.54, 1.807) is 58.2 Å². The number of amides is 2. The molecule has 248 valence electrons. The van der Waals surface area contributed by atoms with E-state index < -0.39 is 5.60 Å². The zero-order chi connectivity index (χ0) is 34.3. The summed E-state index contributed by atoms with van der Waals surface area (Å²) in [6.07, 6.45) is 0.763. The van der Waals surface area contributed by atoms with Crippen molar-refractivity contribution in [3.8, 4) is 5.75 Å². The number of hydrogen-bond acceptors (Lipinski definition) is 5. The molecule has 1 heterocycles. The number of nitrogens with one attached hydrogen (secondary N) is 1. The van der Waals surface area contributed by atoms with Crippen molar-refractivity contribution in [2.24, 2.45) is 0 Å². The number of hydrogen-bond donors (Lipinski definition) is 1. The number of nitrogens with zero attached hydrogens (tertiary/aromatic N) is 1. The first-order chi connectivity index (χ1) is 22.4. The molecule has 1 aliphatic rings. The summed E-state index contributed by atoms with van der Waals surface area (Å²) >= 11 is 12.7. The van der Waals surface area contributed by atoms with Gasteiger partial charge in [0.25, 0.3) is 11.8 Å². The van der Waals surface area contributed by atoms with Crippen molar-refractivity contribution in [2.45, 2.75) is 65.0 Å². The van der Waals surface area contributed by atoms with Crippen LogP contribution in [0.1, 0.15) is 91.3 Å². The summed E-state index contributed by atoms with van der Waals surface area (Å²) in [7, 11) is 1.64. The SMILES string of the molecule is CC.COc1ccc2cc(C3CC(c4cc(Cl)cc(Cl)c4)CN3C(=O)c3ccc(C(=O)NCCC(=O)OC(C)(C)C)cc3)ccc2c1. The summed E-state index contributed by atoms with van der Waals surface area (Å²) < 4.78 is 10.7. The molecule has 0 spiro atoms. The van der Waals surface area contributed by atoms with Gasteiger partial charge in [-0.2, -0.15) is 0 Å². The van der Waals surface area contributed by atoms with Gasteiger partial charge in [-0.3, -0.25) is 14.4 Å². The second-order valence-corrected chi connectivity index (χ2v) is 13.1. The molecular weight excluding hydrogens is 635 g/mol. The van der Waals surface area contributed by atoms with E-state index in [0.717, 1.165) is 27.6 Å². The maximum Gasteiger partial charge on any atom is 0.308 e. The lowest BCUT2D eigenvalue weighted by molar-refractivity contribution is -0.154. The molecule has 0 radical (unpaired) electrons. The summed E-state index contributed by atoms with van der Waals surface area (Å²) in [6.45, 7) is 10.0. The number of rotatable bonds is 8. The molecule has 4 aromatic rings. The van der Waals surface area contributed by atoms with Gasteiger partial charge in [0.2, 0.25) is 0 Å². The smallest absolute Gasteiger partial charge is 0.308 e. The molecule has 0 bridgehead atoms. The lowest BCUT2D eigenvalue weighted by Crippen LogP contribution is -2.31. The van der Waals surface area contributed by atoms with Gasteiger partial charge in [0, 0.05) is 40.2 Å². The van der Waals surface area contributed by atoms with Gasteiger partial charge >= 0.3 is 5.97 Å². The average molecular weight is 678 g/mol. The number of esters is 1. The number of halogens is 2. The normalized spacial score (nSPS) is 15.9. The van der Waals surface area contributed by atoms with Crippen molar-refractivity contribution in [3.63, 3.8) is 0 Å². The van der Waals surface area contributed by atoms with E-state index in [1.807, 2.05) is 49.1 Å². The first-order valence-corrected chi connectivity index (χ1v) is 16.6. The summed E-state index contributed by atoms with van der Waals surface area (Å²) in [5, 5.41) is 5.95. The molecule has 0 saturated carbocycles. The van der Waals surface area contributed by atoms with Crippen LogP contribution in [0.15, 0.2) is 78.9 Å². The van der Waals surface area contributed by atoms with Crippen LogP contribution in [-0.4, -0.2) is 48.5 Å². The summed E-state index contributed by atoms with van der Waals surface area (Å²) in [4.78, 5) is 40.6. The predicted molar refractivity (Wildman–Crippen MR) is 189 cm³/mol. The van der Waals surface area contributed by atoms with Crippen molar-refractivity contribution < 1.29 is 23.9 Å². The van der Waals surface area contributed by atoms with Crippen LogP contribution in [-0.2, 0) is 9.53 Å². The Morgan fingerprint density at radius 3 is 2.09 bits per heavy atom. The molecule has 1 fully saturated rings. The molecular formula is C38H42Cl2N2O5. The van der Waals surface area contributed by atoms with Crippen LogP contribution in [0.25, 0.3) is 10.8 Å². The van der Waals surface area contributed by atoms with E-state index in [9.17, 15) is 14.4 Å². The van der Waals surface area contributed by atoms with E-state index in [4.69, 9.17) is 32.7 Å². The van der Waals surface area contributed by atoms with Crippen LogP contribution in [0.5, 0.6) is 5.75 Å². The highest BCUT2D eigenvalue weighted by Gasteiger charge is 2.37. The van der Waals surface area contributed by atoms with E-state index in [1.165, 1.54) is 0 Å². The highest BCUT2D eigenvalue weighted by atomic mass is 35.5. The molecule has 2 amide bonds. The summed E-state index contributed by atoms with van der Waals surface area (Å²) in [6, 6.07) is 24.1. The third-order valence-corrected chi connectivity index (χ3v) is 8.24. The zero-order valence-electron chi connectivity index (χ0n) is 27.7. The minimum Gasteiger partial charge on any atom is -0.497 e. The lowest BCUT2D eigenvalue weighted by atomic mass is 9.93. The maximum absolute atomic E-state index is 14.0. The fraction of sp³-hybridized carbons (Fsp3) is 0.342. The van der Waals surface area contributed by atoms with Crippen molar-refractivity contribution >= 4 is 51.8 Å². The first kappa shape index (κ1) is 35.8. The fourth-order valence-corrected chi connectivity index (χ4v) is 6.25. The highest BCUT2D eigenvalue weighted by molar-refractivity contribution is 6.34. The van der Waals surface area contributed by atoms with E-state index in [2.05, 4.69) is 23.5 Å². The summed E-state index contributed by atoms with van der Waals surface area (Å²) in [5.41, 5.74) is 2.29. The molecule has 0 aliphatic carbocycles. The molecule has 0 aromatic heterocycles. The quantitative estimate of drug-likeness (QED) is 0.188. The molecule has 1 saturated heterocycles. The highest BCUT2D eigenvalue weighted by Crippen LogP contribution is 2.43. The molecule has 9 heteroatoms. The maximum atomic E-state index is 14.0. The molecule has 1 N–H and O–H groups in total. The van der Waals surface area contributed by atoms with Gasteiger partial charge in [0.1, 0.15) is 11.4 Å². The van der Waals surface area contributed by atoms with Crippen molar-refractivity contribution in [1.29, 1.82) is 0 Å². The van der Waals surface area contributed by atoms with Crippen molar-refractivity contribution in [1.82, 2.24) is 10.2 Å². The Hall–Kier alpha value is -4.07. The van der Waals surface area contributed by atoms with E-state index in [-0.39, 0.29) is 42.7 Å². The first-order valence-electron chi connectivity index (χ1n) is 15.8. The monoisotopic (exact) mass is 676 g/mol. The third kappa shape index (κ3) is 9.27. The van der Waals surface area contributed by atoms with Gasteiger partial charge in [-0.1, -0.05) is 55.2 Å². The Labute approximate surface area is 287 Å². The van der Waals surface area contributed by atoms with Crippen LogP contribution in [0, 0.1) is 0 Å². The minimum atomic E-state index is -0.582. The second kappa shape index (κ2) is 15.7. The number of carbonyl (C=O) groups is 3. The van der Waals surface area contributed by atoms with Gasteiger partial charge in [-0.25, -0.2) is 0 Å². The fourth-order valence-electron chi connectivity index (χ4n) is 5.71. The Bertz CT molecular complexity index is 1710. The molecule has 7 nitrogen and oxygen atoms in total. The van der Waals surface area contributed by atoms with Gasteiger partial charge in [0.15, 0.2) is 0 Å². The standard InChI is InChI=1S/C36H36Cl2N2O5.C2H6/c1-36(2,3)45-33(41)13-14-39-34(42)22-5-7-23(8-6-22)35(43)40-21-28(27-16-29(37)20-30(38)17-27)19-32(40)26-10-9-25-18-31(44-4)12-11-24(25)15-26;1-2/h5-12,15-18,20,28,32H,13-14,19,21H2,1-4H3,(H,39,42);1-2H3. The van der Waals surface area contributed by atoms with Crippen molar-refractivity contribution in [2.75, 3.05) is 20.2 Å². The number of fused-ring (bicyclic) bond motifs is 1. The van der Waals surface area contributed by atoms with Crippen LogP contribution < -0.4 is 10.1 Å². The molecule has 2 unspecified atom stereocenters. The number of carbonyl (C=O) groups excluding carboxylic acids is 3. The van der Waals surface area contributed by atoms with Gasteiger partial charge < -0.3 is 19.7 Å². The Morgan fingerprint density at radius 2 is 1.45 bits per heavy atom. The topological polar surface area (TPSA) is 84.9 Å². The van der Waals surface area contributed by atoms with Crippen molar-refractivity contribution in [3.05, 3.63) is 111 Å². The number of likely N-dealkylation sites (tertiary alicyclic amines) is 1. The summed E-state index contributed by atoms with van der Waals surface area (Å²) in [5.74, 6) is -0.0410. The third-order valence-electron chi connectivity index (χ3n) is 7.80. The molecule has 5 rings (SSSR count). The molecule has 2 atom stereocenters. The lowest BCUT2D eigenvalue weighted by Gasteiger charge is -2.25. The van der Waals surface area contributed by atoms with Crippen LogP contribution in [0.3, 0.4) is 0 Å². The van der Waals surface area contributed by atoms with E-state index in [0.29, 0.717) is 34.1 Å². The van der Waals surface area contributed by atoms with Gasteiger partial charge in [-0.05, 0) is 110 Å². The Balaban J connectivity index is 0.00000245. The average Bonchev–Trinajstić information content (AvgIpc) is 3.49. The zero-order valence-corrected chi connectivity index (χ0v) is 29.2. The second-order valence-electron chi connectivity index (χ2n) is 12.3.